The number of aliphatic hydroxyl groups excluding tert-OH is 2. The zero-order valence-corrected chi connectivity index (χ0v) is 24.1. The Labute approximate surface area is 228 Å². The molecule has 1 atom stereocenters. The van der Waals surface area contributed by atoms with E-state index in [9.17, 15) is 10.2 Å². The molecule has 2 N–H and O–H groups in total. The molecule has 0 fully saturated rings. The molecule has 4 rings (SSSR count). The molecule has 1 unspecified atom stereocenters. The molecule has 2 aliphatic carbocycles. The van der Waals surface area contributed by atoms with Crippen molar-refractivity contribution in [3.05, 3.63) is 93.8 Å². The van der Waals surface area contributed by atoms with E-state index in [0.717, 1.165) is 28.1 Å². The van der Waals surface area contributed by atoms with Crippen molar-refractivity contribution in [2.45, 2.75) is 91.6 Å². The van der Waals surface area contributed by atoms with Gasteiger partial charge in [-0.1, -0.05) is 104 Å². The predicted octanol–water partition coefficient (Wildman–Crippen LogP) is 9.10. The highest BCUT2D eigenvalue weighted by Gasteiger charge is 2.31. The first-order valence-corrected chi connectivity index (χ1v) is 13.9. The van der Waals surface area contributed by atoms with Crippen LogP contribution in [0.4, 0.5) is 11.4 Å². The molecule has 0 bridgehead atoms. The van der Waals surface area contributed by atoms with Gasteiger partial charge in [0, 0.05) is 12.0 Å². The molecule has 0 heterocycles. The molecule has 0 radical (unpaired) electrons. The molecule has 0 amide bonds. The van der Waals surface area contributed by atoms with E-state index in [1.807, 2.05) is 18.2 Å². The normalized spacial score (nSPS) is 19.9. The largest absolute Gasteiger partial charge is 0.505 e. The summed E-state index contributed by atoms with van der Waals surface area (Å²) in [6.07, 6.45) is 5.37. The van der Waals surface area contributed by atoms with Gasteiger partial charge in [-0.25, -0.2) is 4.99 Å². The molecule has 0 saturated heterocycles. The molecule has 2 aliphatic rings. The third-order valence-electron chi connectivity index (χ3n) is 7.52. The Morgan fingerprint density at radius 1 is 0.684 bits per heavy atom. The number of nitrogens with zero attached hydrogens (tertiary/aromatic N) is 2. The molecule has 0 aromatic heterocycles. The van der Waals surface area contributed by atoms with Crippen LogP contribution in [0.1, 0.15) is 108 Å². The lowest BCUT2D eigenvalue weighted by Gasteiger charge is -2.27. The highest BCUT2D eigenvalue weighted by atomic mass is 16.3. The van der Waals surface area contributed by atoms with Gasteiger partial charge in [0.15, 0.2) is 0 Å². The highest BCUT2D eigenvalue weighted by molar-refractivity contribution is 6.13. The summed E-state index contributed by atoms with van der Waals surface area (Å²) in [5, 5.41) is 23.0. The van der Waals surface area contributed by atoms with Crippen molar-refractivity contribution < 1.29 is 10.2 Å². The second kappa shape index (κ2) is 11.2. The van der Waals surface area contributed by atoms with Gasteiger partial charge < -0.3 is 10.2 Å². The van der Waals surface area contributed by atoms with Gasteiger partial charge in [0.05, 0.1) is 17.1 Å². The Bertz CT molecular complexity index is 1310. The molecule has 0 spiro atoms. The van der Waals surface area contributed by atoms with E-state index >= 15 is 0 Å². The molecular weight excluding hydrogens is 468 g/mol. The summed E-state index contributed by atoms with van der Waals surface area (Å²) in [6.45, 7) is 17.3. The Balaban J connectivity index is 1.84. The minimum atomic E-state index is -1.00. The number of allylic oxidation sites excluding steroid dienone is 3. The van der Waals surface area contributed by atoms with Gasteiger partial charge in [0.1, 0.15) is 17.6 Å². The van der Waals surface area contributed by atoms with Crippen LogP contribution in [0.25, 0.3) is 0 Å². The zero-order chi connectivity index (χ0) is 27.7. The van der Waals surface area contributed by atoms with E-state index < -0.39 is 6.10 Å². The summed E-state index contributed by atoms with van der Waals surface area (Å²) >= 11 is 0. The van der Waals surface area contributed by atoms with Gasteiger partial charge in [0.2, 0.25) is 0 Å². The van der Waals surface area contributed by atoms with Crippen molar-refractivity contribution in [1.29, 1.82) is 0 Å². The summed E-state index contributed by atoms with van der Waals surface area (Å²) in [4.78, 5) is 10.1. The molecule has 4 nitrogen and oxygen atoms in total. The molecule has 2 aromatic rings. The van der Waals surface area contributed by atoms with Crippen LogP contribution in [0.2, 0.25) is 0 Å². The van der Waals surface area contributed by atoms with Crippen LogP contribution in [-0.2, 0) is 0 Å². The number of fused-ring (bicyclic) bond motifs is 1. The average molecular weight is 511 g/mol. The number of aliphatic hydroxyl groups is 2. The van der Waals surface area contributed by atoms with Crippen LogP contribution in [0.5, 0.6) is 0 Å². The monoisotopic (exact) mass is 510 g/mol. The van der Waals surface area contributed by atoms with Crippen LogP contribution in [0, 0.1) is 0 Å². The van der Waals surface area contributed by atoms with Crippen molar-refractivity contribution >= 4 is 22.8 Å². The number of hydrogen-bond donors (Lipinski definition) is 2. The first-order valence-electron chi connectivity index (χ1n) is 13.9. The lowest BCUT2D eigenvalue weighted by Crippen LogP contribution is -2.30. The fourth-order valence-electron chi connectivity index (χ4n) is 5.31. The first-order chi connectivity index (χ1) is 18.0. The van der Waals surface area contributed by atoms with E-state index in [2.05, 4.69) is 91.8 Å². The van der Waals surface area contributed by atoms with E-state index in [1.54, 1.807) is 0 Å². The minimum absolute atomic E-state index is 0.0214. The smallest absolute Gasteiger partial charge is 0.147 e. The van der Waals surface area contributed by atoms with Crippen LogP contribution in [0.15, 0.2) is 81.5 Å². The van der Waals surface area contributed by atoms with E-state index in [1.165, 1.54) is 11.1 Å². The molecule has 4 heteroatoms. The fourth-order valence-corrected chi connectivity index (χ4v) is 5.31. The minimum Gasteiger partial charge on any atom is -0.505 e. The summed E-state index contributed by atoms with van der Waals surface area (Å²) in [6, 6.07) is 12.6. The Hall–Kier alpha value is -3.24. The van der Waals surface area contributed by atoms with E-state index in [0.29, 0.717) is 47.1 Å². The quantitative estimate of drug-likeness (QED) is 0.407. The number of benzene rings is 2. The van der Waals surface area contributed by atoms with Crippen molar-refractivity contribution in [2.75, 3.05) is 0 Å². The lowest BCUT2D eigenvalue weighted by atomic mass is 9.84. The third-order valence-corrected chi connectivity index (χ3v) is 7.52. The molecule has 0 aliphatic heterocycles. The Morgan fingerprint density at radius 3 is 1.58 bits per heavy atom. The molecule has 38 heavy (non-hydrogen) atoms. The average Bonchev–Trinajstić information content (AvgIpc) is 2.86. The van der Waals surface area contributed by atoms with E-state index in [-0.39, 0.29) is 5.76 Å². The van der Waals surface area contributed by atoms with Crippen molar-refractivity contribution in [2.24, 2.45) is 9.98 Å². The van der Waals surface area contributed by atoms with Gasteiger partial charge in [-0.05, 0) is 57.6 Å². The van der Waals surface area contributed by atoms with Crippen LogP contribution < -0.4 is 0 Å². The number of para-hydroxylation sites is 2. The topological polar surface area (TPSA) is 65.2 Å². The van der Waals surface area contributed by atoms with Gasteiger partial charge in [0.25, 0.3) is 0 Å². The maximum Gasteiger partial charge on any atom is 0.147 e. The molecule has 2 aromatic carbocycles. The SMILES string of the molecule is CC(C)c1cccc(C(C)C)c1/N=C1/CC=C2C=C/C(=N\c3c(C(C)C)cccc3C(C)C)C(O)=C2C1O. The number of hydrogen-bond acceptors (Lipinski definition) is 4. The zero-order valence-electron chi connectivity index (χ0n) is 24.1. The van der Waals surface area contributed by atoms with Crippen LogP contribution in [0.3, 0.4) is 0 Å². The first kappa shape index (κ1) is 27.8. The second-order valence-electron chi connectivity index (χ2n) is 11.7. The fraction of sp³-hybridized carbons (Fsp3) is 0.412. The van der Waals surface area contributed by atoms with Crippen LogP contribution in [-0.4, -0.2) is 27.7 Å². The van der Waals surface area contributed by atoms with Gasteiger partial charge in [-0.15, -0.1) is 0 Å². The predicted molar refractivity (Wildman–Crippen MR) is 161 cm³/mol. The van der Waals surface area contributed by atoms with Crippen LogP contribution >= 0.6 is 0 Å². The van der Waals surface area contributed by atoms with Crippen molar-refractivity contribution in [1.82, 2.24) is 0 Å². The number of rotatable bonds is 6. The summed E-state index contributed by atoms with van der Waals surface area (Å²) in [7, 11) is 0. The summed E-state index contributed by atoms with van der Waals surface area (Å²) < 4.78 is 0. The van der Waals surface area contributed by atoms with Crippen molar-refractivity contribution in [3.8, 4) is 0 Å². The summed E-state index contributed by atoms with van der Waals surface area (Å²) in [5.41, 5.74) is 8.90. The van der Waals surface area contributed by atoms with Crippen molar-refractivity contribution in [3.63, 3.8) is 0 Å². The maximum absolute atomic E-state index is 11.5. The molecule has 200 valence electrons. The van der Waals surface area contributed by atoms with Gasteiger partial charge >= 0.3 is 0 Å². The molecular formula is C34H42N2O2. The Kier molecular flexibility index (Phi) is 8.22. The van der Waals surface area contributed by atoms with Gasteiger partial charge in [-0.2, -0.15) is 0 Å². The summed E-state index contributed by atoms with van der Waals surface area (Å²) in [5.74, 6) is 1.22. The maximum atomic E-state index is 11.5. The molecule has 0 saturated carbocycles. The lowest BCUT2D eigenvalue weighted by molar-refractivity contribution is 0.268. The standard InChI is InChI=1S/C34H42N2O2/c1-19(2)24-11-9-12-25(20(3)4)31(24)35-28-17-15-23-16-18-29(34(38)30(23)33(28)37)36-32-26(21(5)6)13-10-14-27(32)22(7)8/h9-17,19-22,34,37-38H,18H2,1-8H3/b35-28+,36-29-. The van der Waals surface area contributed by atoms with E-state index in [4.69, 9.17) is 9.98 Å². The Morgan fingerprint density at radius 2 is 1.13 bits per heavy atom. The highest BCUT2D eigenvalue weighted by Crippen LogP contribution is 2.39. The number of aliphatic imine (C=N–C) groups is 2. The third kappa shape index (κ3) is 5.33. The second-order valence-corrected chi connectivity index (χ2v) is 11.7. The van der Waals surface area contributed by atoms with Gasteiger partial charge in [-0.3, -0.25) is 4.99 Å².